The van der Waals surface area contributed by atoms with Crippen molar-refractivity contribution in [3.05, 3.63) is 125 Å². The van der Waals surface area contributed by atoms with Gasteiger partial charge in [0.2, 0.25) is 0 Å². The second-order valence-electron chi connectivity index (χ2n) is 8.47. The average molecular weight is 514 g/mol. The van der Waals surface area contributed by atoms with Gasteiger partial charge in [0.05, 0.1) is 27.4 Å². The van der Waals surface area contributed by atoms with E-state index in [9.17, 15) is 18.0 Å². The summed E-state index contributed by atoms with van der Waals surface area (Å²) in [6.45, 7) is 2.21. The van der Waals surface area contributed by atoms with Crippen LogP contribution in [-0.2, 0) is 16.6 Å². The number of hydrogen-bond acceptors (Lipinski definition) is 4. The van der Waals surface area contributed by atoms with Crippen LogP contribution in [0.2, 0.25) is 0 Å². The van der Waals surface area contributed by atoms with Crippen LogP contribution in [0.15, 0.2) is 108 Å². The van der Waals surface area contributed by atoms with Gasteiger partial charge in [-0.2, -0.15) is 0 Å². The lowest BCUT2D eigenvalue weighted by molar-refractivity contribution is 0.0951. The van der Waals surface area contributed by atoms with Crippen LogP contribution in [-0.4, -0.2) is 27.3 Å². The Bertz CT molecular complexity index is 1520. The van der Waals surface area contributed by atoms with E-state index in [-0.39, 0.29) is 22.1 Å². The number of aryl methyl sites for hydroxylation is 1. The molecule has 0 atom stereocenters. The predicted molar refractivity (Wildman–Crippen MR) is 145 cm³/mol. The zero-order valence-electron chi connectivity index (χ0n) is 20.5. The van der Waals surface area contributed by atoms with Crippen molar-refractivity contribution in [3.63, 3.8) is 0 Å². The molecule has 37 heavy (non-hydrogen) atoms. The van der Waals surface area contributed by atoms with Gasteiger partial charge in [-0.3, -0.25) is 13.9 Å². The first-order chi connectivity index (χ1) is 17.8. The largest absolute Gasteiger partial charge is 0.348 e. The molecule has 0 saturated carbocycles. The van der Waals surface area contributed by atoms with E-state index in [1.54, 1.807) is 60.7 Å². The first kappa shape index (κ1) is 25.7. The standard InChI is InChI=1S/C29H27N3O4S/c1-21-16-18-23(19-17-21)37(35,36)32(2)27-15-9-7-13-25(27)29(34)31-26-14-8-6-12-24(26)28(33)30-20-22-10-4-3-5-11-22/h3-19H,20H2,1-2H3,(H,30,33)(H,31,34). The number of rotatable bonds is 8. The number of anilines is 2. The summed E-state index contributed by atoms with van der Waals surface area (Å²) >= 11 is 0. The first-order valence-corrected chi connectivity index (χ1v) is 13.1. The van der Waals surface area contributed by atoms with Crippen molar-refractivity contribution in [1.29, 1.82) is 0 Å². The molecular weight excluding hydrogens is 486 g/mol. The number of para-hydroxylation sites is 2. The van der Waals surface area contributed by atoms with Crippen molar-refractivity contribution in [2.24, 2.45) is 0 Å². The Hall–Kier alpha value is -4.43. The fourth-order valence-corrected chi connectivity index (χ4v) is 5.01. The minimum Gasteiger partial charge on any atom is -0.348 e. The minimum absolute atomic E-state index is 0.122. The van der Waals surface area contributed by atoms with Gasteiger partial charge in [-0.25, -0.2) is 8.42 Å². The zero-order chi connectivity index (χ0) is 26.4. The summed E-state index contributed by atoms with van der Waals surface area (Å²) in [5.74, 6) is -0.878. The fourth-order valence-electron chi connectivity index (χ4n) is 3.79. The lowest BCUT2D eigenvalue weighted by Crippen LogP contribution is -2.29. The average Bonchev–Trinajstić information content (AvgIpc) is 2.92. The summed E-state index contributed by atoms with van der Waals surface area (Å²) in [4.78, 5) is 26.4. The Labute approximate surface area is 216 Å². The molecular formula is C29H27N3O4S. The van der Waals surface area contributed by atoms with Gasteiger partial charge in [0.15, 0.2) is 0 Å². The Kier molecular flexibility index (Phi) is 7.69. The molecule has 0 aromatic heterocycles. The Morgan fingerprint density at radius 3 is 2.03 bits per heavy atom. The van der Waals surface area contributed by atoms with Crippen LogP contribution < -0.4 is 14.9 Å². The van der Waals surface area contributed by atoms with E-state index in [1.165, 1.54) is 19.2 Å². The maximum absolute atomic E-state index is 13.3. The number of nitrogens with zero attached hydrogens (tertiary/aromatic N) is 1. The number of amides is 2. The molecule has 0 saturated heterocycles. The van der Waals surface area contributed by atoms with Crippen LogP contribution in [0.1, 0.15) is 31.8 Å². The van der Waals surface area contributed by atoms with Crippen molar-refractivity contribution >= 4 is 33.2 Å². The number of benzene rings is 4. The molecule has 0 unspecified atom stereocenters. The predicted octanol–water partition coefficient (Wildman–Crippen LogP) is 5.00. The second kappa shape index (κ2) is 11.1. The highest BCUT2D eigenvalue weighted by Crippen LogP contribution is 2.27. The maximum atomic E-state index is 13.3. The van der Waals surface area contributed by atoms with Gasteiger partial charge in [0.1, 0.15) is 0 Å². The van der Waals surface area contributed by atoms with Crippen molar-refractivity contribution in [2.45, 2.75) is 18.4 Å². The van der Waals surface area contributed by atoms with Crippen molar-refractivity contribution in [3.8, 4) is 0 Å². The topological polar surface area (TPSA) is 95.6 Å². The molecule has 2 N–H and O–H groups in total. The van der Waals surface area contributed by atoms with Gasteiger partial charge >= 0.3 is 0 Å². The highest BCUT2D eigenvalue weighted by molar-refractivity contribution is 7.92. The molecule has 4 aromatic rings. The summed E-state index contributed by atoms with van der Waals surface area (Å²) in [6.07, 6.45) is 0. The normalized spacial score (nSPS) is 11.0. The molecule has 0 aliphatic heterocycles. The van der Waals surface area contributed by atoms with E-state index in [0.717, 1.165) is 15.4 Å². The molecule has 0 radical (unpaired) electrons. The summed E-state index contributed by atoms with van der Waals surface area (Å²) in [5.41, 5.74) is 2.87. The molecule has 4 rings (SSSR count). The Balaban J connectivity index is 1.57. The molecule has 0 spiro atoms. The van der Waals surface area contributed by atoms with Gasteiger partial charge in [0.25, 0.3) is 21.8 Å². The van der Waals surface area contributed by atoms with E-state index in [4.69, 9.17) is 0 Å². The van der Waals surface area contributed by atoms with Gasteiger partial charge in [0, 0.05) is 13.6 Å². The number of nitrogens with one attached hydrogen (secondary N) is 2. The molecule has 0 bridgehead atoms. The smallest absolute Gasteiger partial charge is 0.264 e. The molecule has 0 aliphatic rings. The first-order valence-electron chi connectivity index (χ1n) is 11.6. The van der Waals surface area contributed by atoms with Crippen LogP contribution in [0, 0.1) is 6.92 Å². The number of sulfonamides is 1. The minimum atomic E-state index is -3.90. The van der Waals surface area contributed by atoms with Crippen molar-refractivity contribution < 1.29 is 18.0 Å². The lowest BCUT2D eigenvalue weighted by Gasteiger charge is -2.22. The Morgan fingerprint density at radius 1 is 0.730 bits per heavy atom. The zero-order valence-corrected chi connectivity index (χ0v) is 21.3. The van der Waals surface area contributed by atoms with Gasteiger partial charge in [-0.05, 0) is 48.9 Å². The molecule has 188 valence electrons. The van der Waals surface area contributed by atoms with E-state index in [0.29, 0.717) is 17.8 Å². The highest BCUT2D eigenvalue weighted by atomic mass is 32.2. The summed E-state index contributed by atoms with van der Waals surface area (Å²) in [7, 11) is -2.49. The number of hydrogen-bond donors (Lipinski definition) is 2. The molecule has 4 aromatic carbocycles. The van der Waals surface area contributed by atoms with Gasteiger partial charge in [-0.15, -0.1) is 0 Å². The third-order valence-corrected chi connectivity index (χ3v) is 7.67. The number of carbonyl (C=O) groups excluding carboxylic acids is 2. The summed E-state index contributed by atoms with van der Waals surface area (Å²) < 4.78 is 27.6. The summed E-state index contributed by atoms with van der Waals surface area (Å²) in [5, 5.41) is 5.64. The van der Waals surface area contributed by atoms with Crippen LogP contribution in [0.5, 0.6) is 0 Å². The van der Waals surface area contributed by atoms with Crippen molar-refractivity contribution in [1.82, 2.24) is 5.32 Å². The lowest BCUT2D eigenvalue weighted by atomic mass is 10.1. The maximum Gasteiger partial charge on any atom is 0.264 e. The van der Waals surface area contributed by atoms with E-state index < -0.39 is 15.9 Å². The third kappa shape index (κ3) is 5.87. The van der Waals surface area contributed by atoms with Crippen LogP contribution in [0.4, 0.5) is 11.4 Å². The second-order valence-corrected chi connectivity index (χ2v) is 10.4. The highest BCUT2D eigenvalue weighted by Gasteiger charge is 2.25. The van der Waals surface area contributed by atoms with Crippen LogP contribution in [0.25, 0.3) is 0 Å². The quantitative estimate of drug-likeness (QED) is 0.347. The van der Waals surface area contributed by atoms with Gasteiger partial charge < -0.3 is 10.6 Å². The number of carbonyl (C=O) groups is 2. The van der Waals surface area contributed by atoms with Gasteiger partial charge in [-0.1, -0.05) is 72.3 Å². The molecule has 0 aliphatic carbocycles. The SMILES string of the molecule is Cc1ccc(S(=O)(=O)N(C)c2ccccc2C(=O)Nc2ccccc2C(=O)NCc2ccccc2)cc1. The molecule has 0 fully saturated rings. The van der Waals surface area contributed by atoms with Crippen LogP contribution in [0.3, 0.4) is 0 Å². The summed E-state index contributed by atoms with van der Waals surface area (Å²) in [6, 6.07) is 29.1. The molecule has 0 heterocycles. The third-order valence-electron chi connectivity index (χ3n) is 5.88. The molecule has 2 amide bonds. The van der Waals surface area contributed by atoms with E-state index in [2.05, 4.69) is 10.6 Å². The van der Waals surface area contributed by atoms with Crippen molar-refractivity contribution in [2.75, 3.05) is 16.7 Å². The molecule has 8 heteroatoms. The van der Waals surface area contributed by atoms with E-state index >= 15 is 0 Å². The fraction of sp³-hybridized carbons (Fsp3) is 0.103. The molecule has 7 nitrogen and oxygen atoms in total. The monoisotopic (exact) mass is 513 g/mol. The van der Waals surface area contributed by atoms with Crippen LogP contribution >= 0.6 is 0 Å². The van der Waals surface area contributed by atoms with E-state index in [1.807, 2.05) is 37.3 Å². The Morgan fingerprint density at radius 2 is 1.32 bits per heavy atom.